The fourth-order valence-electron chi connectivity index (χ4n) is 2.59. The molecule has 0 bridgehead atoms. The molecule has 0 unspecified atom stereocenters. The lowest BCUT2D eigenvalue weighted by Gasteiger charge is -2.10. The number of pyridine rings is 1. The molecule has 2 heterocycles. The van der Waals surface area contributed by atoms with Crippen molar-refractivity contribution in [3.05, 3.63) is 57.9 Å². The van der Waals surface area contributed by atoms with E-state index in [1.807, 2.05) is 35.8 Å². The van der Waals surface area contributed by atoms with Crippen molar-refractivity contribution in [3.8, 4) is 0 Å². The van der Waals surface area contributed by atoms with Gasteiger partial charge in [-0.15, -0.1) is 10.2 Å². The second-order valence-corrected chi connectivity index (χ2v) is 5.33. The molecule has 7 nitrogen and oxygen atoms in total. The molecule has 0 spiro atoms. The molecule has 1 aromatic carbocycles. The minimum absolute atomic E-state index is 0.157. The quantitative estimate of drug-likeness (QED) is 0.756. The van der Waals surface area contributed by atoms with Crippen molar-refractivity contribution in [1.82, 2.24) is 25.1 Å². The zero-order chi connectivity index (χ0) is 16.4. The number of aromatic nitrogens is 4. The molecule has 7 heteroatoms. The summed E-state index contributed by atoms with van der Waals surface area (Å²) < 4.78 is 1.83. The lowest BCUT2D eigenvalue weighted by atomic mass is 10.0. The number of carbonyl (C=O) groups excluding carboxylic acids is 1. The second kappa shape index (κ2) is 6.04. The van der Waals surface area contributed by atoms with E-state index < -0.39 is 0 Å². The molecule has 0 atom stereocenters. The highest BCUT2D eigenvalue weighted by Crippen LogP contribution is 2.16. The van der Waals surface area contributed by atoms with Gasteiger partial charge in [0, 0.05) is 24.0 Å². The lowest BCUT2D eigenvalue weighted by Crippen LogP contribution is -2.33. The SMILES string of the molecule is Cc1c(C(=O)NCCn2cnnc2C)c(=O)[nH]c2ccccc12. The number of rotatable bonds is 4. The van der Waals surface area contributed by atoms with E-state index in [1.165, 1.54) is 0 Å². The average molecular weight is 311 g/mol. The van der Waals surface area contributed by atoms with Gasteiger partial charge >= 0.3 is 0 Å². The number of H-pyrrole nitrogens is 1. The van der Waals surface area contributed by atoms with Crippen molar-refractivity contribution in [3.63, 3.8) is 0 Å². The number of carbonyl (C=O) groups is 1. The van der Waals surface area contributed by atoms with Crippen molar-refractivity contribution in [2.75, 3.05) is 6.54 Å². The molecule has 3 rings (SSSR count). The maximum Gasteiger partial charge on any atom is 0.261 e. The maximum atomic E-state index is 12.4. The van der Waals surface area contributed by atoms with Crippen LogP contribution < -0.4 is 10.9 Å². The van der Waals surface area contributed by atoms with Gasteiger partial charge in [-0.05, 0) is 25.5 Å². The average Bonchev–Trinajstić information content (AvgIpc) is 2.93. The van der Waals surface area contributed by atoms with E-state index in [-0.39, 0.29) is 17.0 Å². The summed E-state index contributed by atoms with van der Waals surface area (Å²) in [5, 5.41) is 11.3. The predicted octanol–water partition coefficient (Wildman–Crippen LogP) is 1.17. The zero-order valence-electron chi connectivity index (χ0n) is 13.0. The summed E-state index contributed by atoms with van der Waals surface area (Å²) in [6, 6.07) is 7.43. The molecule has 3 aromatic rings. The summed E-state index contributed by atoms with van der Waals surface area (Å²) in [5.41, 5.74) is 1.19. The number of aryl methyl sites for hydroxylation is 2. The monoisotopic (exact) mass is 311 g/mol. The molecule has 1 amide bonds. The number of hydrogen-bond donors (Lipinski definition) is 2. The van der Waals surface area contributed by atoms with Gasteiger partial charge in [-0.25, -0.2) is 0 Å². The third-order valence-electron chi connectivity index (χ3n) is 3.86. The zero-order valence-corrected chi connectivity index (χ0v) is 13.0. The minimum Gasteiger partial charge on any atom is -0.350 e. The summed E-state index contributed by atoms with van der Waals surface area (Å²) in [6.07, 6.45) is 1.61. The first-order valence-electron chi connectivity index (χ1n) is 7.32. The smallest absolute Gasteiger partial charge is 0.261 e. The van der Waals surface area contributed by atoms with E-state index in [0.717, 1.165) is 16.7 Å². The first-order valence-corrected chi connectivity index (χ1v) is 7.32. The van der Waals surface area contributed by atoms with E-state index in [2.05, 4.69) is 20.5 Å². The molecule has 23 heavy (non-hydrogen) atoms. The number of para-hydroxylation sites is 1. The van der Waals surface area contributed by atoms with E-state index in [9.17, 15) is 9.59 Å². The first kappa shape index (κ1) is 15.0. The van der Waals surface area contributed by atoms with Gasteiger partial charge in [0.05, 0.1) is 0 Å². The highest BCUT2D eigenvalue weighted by atomic mass is 16.2. The van der Waals surface area contributed by atoms with Crippen LogP contribution in [0.5, 0.6) is 0 Å². The van der Waals surface area contributed by atoms with Crippen LogP contribution in [0, 0.1) is 13.8 Å². The summed E-state index contributed by atoms with van der Waals surface area (Å²) in [5.74, 6) is 0.402. The molecular weight excluding hydrogens is 294 g/mol. The Morgan fingerprint density at radius 2 is 2.09 bits per heavy atom. The number of nitrogens with one attached hydrogen (secondary N) is 2. The lowest BCUT2D eigenvalue weighted by molar-refractivity contribution is 0.0950. The van der Waals surface area contributed by atoms with Crippen molar-refractivity contribution in [2.24, 2.45) is 0 Å². The molecule has 2 N–H and O–H groups in total. The van der Waals surface area contributed by atoms with E-state index in [4.69, 9.17) is 0 Å². The van der Waals surface area contributed by atoms with Crippen LogP contribution in [0.3, 0.4) is 0 Å². The van der Waals surface area contributed by atoms with E-state index in [1.54, 1.807) is 13.3 Å². The van der Waals surface area contributed by atoms with Crippen molar-refractivity contribution >= 4 is 16.8 Å². The maximum absolute atomic E-state index is 12.4. The molecule has 0 radical (unpaired) electrons. The molecule has 2 aromatic heterocycles. The van der Waals surface area contributed by atoms with Crippen LogP contribution in [-0.4, -0.2) is 32.2 Å². The molecule has 0 aliphatic heterocycles. The molecule has 118 valence electrons. The molecular formula is C16H17N5O2. The topological polar surface area (TPSA) is 92.7 Å². The minimum atomic E-state index is -0.376. The number of hydrogen-bond acceptors (Lipinski definition) is 4. The largest absolute Gasteiger partial charge is 0.350 e. The molecule has 0 saturated heterocycles. The van der Waals surface area contributed by atoms with Crippen LogP contribution in [0.4, 0.5) is 0 Å². The molecule has 0 aliphatic carbocycles. The Morgan fingerprint density at radius 3 is 2.83 bits per heavy atom. The predicted molar refractivity (Wildman–Crippen MR) is 86.4 cm³/mol. The van der Waals surface area contributed by atoms with Gasteiger partial charge in [0.2, 0.25) is 0 Å². The highest BCUT2D eigenvalue weighted by molar-refractivity contribution is 5.99. The number of nitrogens with zero attached hydrogens (tertiary/aromatic N) is 3. The Labute approximate surface area is 132 Å². The van der Waals surface area contributed by atoms with Crippen molar-refractivity contribution < 1.29 is 4.79 Å². The number of amides is 1. The fourth-order valence-corrected chi connectivity index (χ4v) is 2.59. The van der Waals surface area contributed by atoms with E-state index >= 15 is 0 Å². The molecule has 0 fully saturated rings. The van der Waals surface area contributed by atoms with Gasteiger partial charge in [-0.1, -0.05) is 18.2 Å². The number of aromatic amines is 1. The highest BCUT2D eigenvalue weighted by Gasteiger charge is 2.16. The Morgan fingerprint density at radius 1 is 1.30 bits per heavy atom. The van der Waals surface area contributed by atoms with Crippen LogP contribution in [0.25, 0.3) is 10.9 Å². The fraction of sp³-hybridized carbons (Fsp3) is 0.250. The Kier molecular flexibility index (Phi) is 3.92. The van der Waals surface area contributed by atoms with Crippen molar-refractivity contribution in [1.29, 1.82) is 0 Å². The van der Waals surface area contributed by atoms with Crippen molar-refractivity contribution in [2.45, 2.75) is 20.4 Å². The number of benzene rings is 1. The number of fused-ring (bicyclic) bond motifs is 1. The summed E-state index contributed by atoms with van der Waals surface area (Å²) in [6.45, 7) is 4.57. The first-order chi connectivity index (χ1) is 11.1. The second-order valence-electron chi connectivity index (χ2n) is 5.33. The third-order valence-corrected chi connectivity index (χ3v) is 3.86. The van der Waals surface area contributed by atoms with Gasteiger partial charge < -0.3 is 14.9 Å². The molecule has 0 saturated carbocycles. The summed E-state index contributed by atoms with van der Waals surface area (Å²) in [4.78, 5) is 27.3. The summed E-state index contributed by atoms with van der Waals surface area (Å²) >= 11 is 0. The Hall–Kier alpha value is -2.96. The Bertz CT molecular complexity index is 926. The van der Waals surface area contributed by atoms with Crippen LogP contribution >= 0.6 is 0 Å². The van der Waals surface area contributed by atoms with Gasteiger partial charge in [0.15, 0.2) is 0 Å². The third kappa shape index (κ3) is 2.85. The summed E-state index contributed by atoms with van der Waals surface area (Å²) in [7, 11) is 0. The van der Waals surface area contributed by atoms with Crippen LogP contribution in [0.1, 0.15) is 21.7 Å². The van der Waals surface area contributed by atoms with E-state index in [0.29, 0.717) is 18.7 Å². The molecule has 0 aliphatic rings. The van der Waals surface area contributed by atoms with Gasteiger partial charge in [0.25, 0.3) is 11.5 Å². The van der Waals surface area contributed by atoms with Gasteiger partial charge in [-0.2, -0.15) is 0 Å². The van der Waals surface area contributed by atoms with Gasteiger partial charge in [0.1, 0.15) is 17.7 Å². The van der Waals surface area contributed by atoms with Gasteiger partial charge in [-0.3, -0.25) is 9.59 Å². The Balaban J connectivity index is 1.81. The normalized spacial score (nSPS) is 10.9. The van der Waals surface area contributed by atoms with Crippen LogP contribution in [-0.2, 0) is 6.54 Å². The standard InChI is InChI=1S/C16H17N5O2/c1-10-12-5-3-4-6-13(12)19-16(23)14(10)15(22)17-7-8-21-9-18-20-11(21)2/h3-6,9H,7-8H2,1-2H3,(H,17,22)(H,19,23). The van der Waals surface area contributed by atoms with Crippen LogP contribution in [0.15, 0.2) is 35.4 Å². The van der Waals surface area contributed by atoms with Crippen LogP contribution in [0.2, 0.25) is 0 Å².